The van der Waals surface area contributed by atoms with Crippen LogP contribution in [0.2, 0.25) is 0 Å². The molecule has 1 aliphatic carbocycles. The van der Waals surface area contributed by atoms with E-state index in [2.05, 4.69) is 22.4 Å². The Morgan fingerprint density at radius 1 is 1.17 bits per heavy atom. The zero-order valence-corrected chi connectivity index (χ0v) is 17.4. The van der Waals surface area contributed by atoms with Crippen LogP contribution in [0.25, 0.3) is 21.3 Å². The van der Waals surface area contributed by atoms with E-state index in [1.165, 1.54) is 0 Å². The van der Waals surface area contributed by atoms with Crippen molar-refractivity contribution in [3.63, 3.8) is 0 Å². The molecule has 0 radical (unpaired) electrons. The van der Waals surface area contributed by atoms with Crippen LogP contribution in [0.15, 0.2) is 48.0 Å². The lowest BCUT2D eigenvalue weighted by molar-refractivity contribution is -0.107. The summed E-state index contributed by atoms with van der Waals surface area (Å²) in [7, 11) is 1.87. The molecule has 4 rings (SSSR count). The van der Waals surface area contributed by atoms with Crippen LogP contribution >= 0.6 is 11.3 Å². The van der Waals surface area contributed by atoms with Gasteiger partial charge >= 0.3 is 0 Å². The number of hydrogen-bond acceptors (Lipinski definition) is 5. The zero-order chi connectivity index (χ0) is 20.3. The van der Waals surface area contributed by atoms with Crippen molar-refractivity contribution in [3.8, 4) is 11.1 Å². The minimum atomic E-state index is -0.351. The van der Waals surface area contributed by atoms with E-state index in [4.69, 9.17) is 0 Å². The topological polar surface area (TPSA) is 62.3 Å². The third kappa shape index (κ3) is 3.95. The number of thiazole rings is 1. The summed E-state index contributed by atoms with van der Waals surface area (Å²) < 4.78 is 1.16. The van der Waals surface area contributed by atoms with Crippen LogP contribution in [-0.4, -0.2) is 41.3 Å². The van der Waals surface area contributed by atoms with E-state index >= 15 is 0 Å². The fourth-order valence-electron chi connectivity index (χ4n) is 4.18. The number of hydrogen-bond donors (Lipinski definition) is 1. The van der Waals surface area contributed by atoms with Gasteiger partial charge in [0, 0.05) is 25.6 Å². The highest BCUT2D eigenvalue weighted by Gasteiger charge is 2.39. The number of amides is 1. The summed E-state index contributed by atoms with van der Waals surface area (Å²) >= 11 is 1.63. The summed E-state index contributed by atoms with van der Waals surface area (Å²) in [4.78, 5) is 30.0. The first-order valence-corrected chi connectivity index (χ1v) is 10.9. The van der Waals surface area contributed by atoms with Gasteiger partial charge in [-0.05, 0) is 61.1 Å². The first-order valence-electron chi connectivity index (χ1n) is 10.0. The zero-order valence-electron chi connectivity index (χ0n) is 16.6. The van der Waals surface area contributed by atoms with E-state index < -0.39 is 0 Å². The third-order valence-electron chi connectivity index (χ3n) is 5.89. The lowest BCUT2D eigenvalue weighted by Gasteiger charge is -2.40. The largest absolute Gasteiger partial charge is 0.323 e. The lowest BCUT2D eigenvalue weighted by Crippen LogP contribution is -2.57. The molecule has 0 bridgehead atoms. The van der Waals surface area contributed by atoms with Crippen LogP contribution in [0.3, 0.4) is 0 Å². The fraction of sp³-hybridized carbons (Fsp3) is 0.348. The van der Waals surface area contributed by atoms with Crippen LogP contribution in [0.1, 0.15) is 42.5 Å². The van der Waals surface area contributed by atoms with E-state index in [0.717, 1.165) is 53.3 Å². The van der Waals surface area contributed by atoms with Gasteiger partial charge in [0.1, 0.15) is 6.29 Å². The standard InChI is InChI=1S/C23H25N3O2S/c1-26(23(11-2-3-12-23)25-13-4-14-27)22(28)18-7-5-17(6-8-18)19-9-10-20-21(15-19)29-16-24-20/h5-10,14-16,25H,2-4,11-13H2,1H3. The van der Waals surface area contributed by atoms with Gasteiger partial charge in [0.25, 0.3) is 5.91 Å². The van der Waals surface area contributed by atoms with E-state index in [-0.39, 0.29) is 11.6 Å². The normalized spacial score (nSPS) is 15.5. The fourth-order valence-corrected chi connectivity index (χ4v) is 4.90. The highest BCUT2D eigenvalue weighted by Crippen LogP contribution is 2.33. The molecule has 29 heavy (non-hydrogen) atoms. The predicted molar refractivity (Wildman–Crippen MR) is 117 cm³/mol. The molecule has 1 N–H and O–H groups in total. The molecule has 5 nitrogen and oxygen atoms in total. The summed E-state index contributed by atoms with van der Waals surface area (Å²) in [5.41, 5.74) is 5.40. The monoisotopic (exact) mass is 407 g/mol. The quantitative estimate of drug-likeness (QED) is 0.356. The Kier molecular flexibility index (Phi) is 5.74. The minimum absolute atomic E-state index is 0.00922. The van der Waals surface area contributed by atoms with Crippen molar-refractivity contribution in [2.24, 2.45) is 0 Å². The number of aromatic nitrogens is 1. The maximum Gasteiger partial charge on any atom is 0.255 e. The Morgan fingerprint density at radius 3 is 2.62 bits per heavy atom. The molecule has 2 aromatic carbocycles. The summed E-state index contributed by atoms with van der Waals surface area (Å²) in [6, 6.07) is 14.0. The number of benzene rings is 2. The van der Waals surface area contributed by atoms with E-state index in [1.807, 2.05) is 47.8 Å². The van der Waals surface area contributed by atoms with E-state index in [1.54, 1.807) is 11.3 Å². The summed E-state index contributed by atoms with van der Waals surface area (Å²) in [5, 5.41) is 3.47. The molecule has 0 spiro atoms. The first-order chi connectivity index (χ1) is 14.1. The van der Waals surface area contributed by atoms with Gasteiger partial charge in [-0.3, -0.25) is 10.1 Å². The maximum absolute atomic E-state index is 13.2. The smallest absolute Gasteiger partial charge is 0.255 e. The van der Waals surface area contributed by atoms with Gasteiger partial charge in [-0.25, -0.2) is 4.98 Å². The second kappa shape index (κ2) is 8.43. The molecule has 150 valence electrons. The molecule has 0 unspecified atom stereocenters. The summed E-state index contributed by atoms with van der Waals surface area (Å²) in [6.07, 6.45) is 5.39. The van der Waals surface area contributed by atoms with Crippen LogP contribution in [0.5, 0.6) is 0 Å². The molecule has 1 aliphatic rings. The van der Waals surface area contributed by atoms with Gasteiger partial charge in [-0.1, -0.05) is 18.2 Å². The van der Waals surface area contributed by atoms with Crippen molar-refractivity contribution in [1.29, 1.82) is 0 Å². The van der Waals surface area contributed by atoms with Gasteiger partial charge in [0.15, 0.2) is 0 Å². The van der Waals surface area contributed by atoms with Gasteiger partial charge < -0.3 is 9.69 Å². The Morgan fingerprint density at radius 2 is 1.90 bits per heavy atom. The van der Waals surface area contributed by atoms with Crippen molar-refractivity contribution >= 4 is 33.7 Å². The van der Waals surface area contributed by atoms with Crippen LogP contribution in [-0.2, 0) is 4.79 Å². The van der Waals surface area contributed by atoms with E-state index in [9.17, 15) is 9.59 Å². The van der Waals surface area contributed by atoms with Crippen molar-refractivity contribution in [1.82, 2.24) is 15.2 Å². The van der Waals surface area contributed by atoms with Crippen LogP contribution < -0.4 is 5.32 Å². The Hall–Kier alpha value is -2.57. The summed E-state index contributed by atoms with van der Waals surface area (Å²) in [5.74, 6) is 0.00922. The highest BCUT2D eigenvalue weighted by molar-refractivity contribution is 7.16. The molecule has 3 aromatic rings. The number of rotatable bonds is 7. The number of carbonyl (C=O) groups is 2. The SMILES string of the molecule is CN(C(=O)c1ccc(-c2ccc3ncsc3c2)cc1)C1(NCCC=O)CCCC1. The molecular formula is C23H25N3O2S. The second-order valence-electron chi connectivity index (χ2n) is 7.60. The van der Waals surface area contributed by atoms with Crippen molar-refractivity contribution in [2.75, 3.05) is 13.6 Å². The van der Waals surface area contributed by atoms with Gasteiger partial charge in [-0.2, -0.15) is 0 Å². The minimum Gasteiger partial charge on any atom is -0.323 e. The van der Waals surface area contributed by atoms with Crippen molar-refractivity contribution in [2.45, 2.75) is 37.8 Å². The number of nitrogens with one attached hydrogen (secondary N) is 1. The van der Waals surface area contributed by atoms with Crippen molar-refractivity contribution in [3.05, 3.63) is 53.5 Å². The molecule has 1 heterocycles. The Balaban J connectivity index is 1.52. The molecule has 1 amide bonds. The predicted octanol–water partition coefficient (Wildman–Crippen LogP) is 4.48. The van der Waals surface area contributed by atoms with Gasteiger partial charge in [-0.15, -0.1) is 11.3 Å². The maximum atomic E-state index is 13.2. The number of fused-ring (bicyclic) bond motifs is 1. The third-order valence-corrected chi connectivity index (χ3v) is 6.68. The van der Waals surface area contributed by atoms with Crippen molar-refractivity contribution < 1.29 is 9.59 Å². The van der Waals surface area contributed by atoms with Crippen LogP contribution in [0.4, 0.5) is 0 Å². The molecular weight excluding hydrogens is 382 g/mol. The molecule has 1 aromatic heterocycles. The average Bonchev–Trinajstić information content (AvgIpc) is 3.42. The van der Waals surface area contributed by atoms with Crippen LogP contribution in [0, 0.1) is 0 Å². The van der Waals surface area contributed by atoms with E-state index in [0.29, 0.717) is 18.5 Å². The Labute approximate surface area is 174 Å². The second-order valence-corrected chi connectivity index (χ2v) is 8.48. The molecule has 1 saturated carbocycles. The molecule has 0 atom stereocenters. The number of nitrogens with zero attached hydrogens (tertiary/aromatic N) is 2. The van der Waals surface area contributed by atoms with Gasteiger partial charge in [0.2, 0.25) is 0 Å². The number of aldehydes is 1. The average molecular weight is 408 g/mol. The Bertz CT molecular complexity index is 1010. The first kappa shape index (κ1) is 19.7. The summed E-state index contributed by atoms with van der Waals surface area (Å²) in [6.45, 7) is 0.597. The molecule has 0 saturated heterocycles. The lowest BCUT2D eigenvalue weighted by atomic mass is 10.0. The molecule has 1 fully saturated rings. The molecule has 0 aliphatic heterocycles. The molecule has 6 heteroatoms. The number of carbonyl (C=O) groups excluding carboxylic acids is 2. The van der Waals surface area contributed by atoms with Gasteiger partial charge in [0.05, 0.1) is 21.4 Å². The highest BCUT2D eigenvalue weighted by atomic mass is 32.1.